The van der Waals surface area contributed by atoms with Crippen molar-refractivity contribution < 1.29 is 0 Å². The first-order valence-electron chi connectivity index (χ1n) is 5.67. The summed E-state index contributed by atoms with van der Waals surface area (Å²) in [6.07, 6.45) is 4.82. The van der Waals surface area contributed by atoms with Crippen LogP contribution in [0.3, 0.4) is 0 Å². The first-order valence-corrected chi connectivity index (χ1v) is 6.05. The van der Waals surface area contributed by atoms with Crippen LogP contribution in [0, 0.1) is 11.3 Å². The lowest BCUT2D eigenvalue weighted by Gasteiger charge is -2.43. The smallest absolute Gasteiger partial charge is 0.0992 e. The van der Waals surface area contributed by atoms with Gasteiger partial charge in [-0.2, -0.15) is 5.26 Å². The Balaban J connectivity index is 2.19. The molecule has 0 radical (unpaired) electrons. The molecule has 1 N–H and O–H groups in total. The van der Waals surface area contributed by atoms with Gasteiger partial charge in [-0.15, -0.1) is 0 Å². The highest BCUT2D eigenvalue weighted by molar-refractivity contribution is 6.33. The largest absolute Gasteiger partial charge is 0.378 e. The third kappa shape index (κ3) is 2.01. The summed E-state index contributed by atoms with van der Waals surface area (Å²) in [4.78, 5) is 0. The first kappa shape index (κ1) is 11.3. The molecule has 0 bridgehead atoms. The molecule has 1 saturated carbocycles. The van der Waals surface area contributed by atoms with Gasteiger partial charge >= 0.3 is 0 Å². The van der Waals surface area contributed by atoms with Gasteiger partial charge in [-0.1, -0.05) is 18.5 Å². The Bertz CT molecular complexity index is 425. The highest BCUT2D eigenvalue weighted by Crippen LogP contribution is 2.39. The number of nitrogens with one attached hydrogen (secondary N) is 1. The third-order valence-electron chi connectivity index (χ3n) is 3.49. The monoisotopic (exact) mass is 234 g/mol. The van der Waals surface area contributed by atoms with Gasteiger partial charge in [0.25, 0.3) is 0 Å². The summed E-state index contributed by atoms with van der Waals surface area (Å²) >= 11 is 6.14. The molecule has 0 unspecified atom stereocenters. The maximum Gasteiger partial charge on any atom is 0.0992 e. The summed E-state index contributed by atoms with van der Waals surface area (Å²) in [5.74, 6) is 0. The molecule has 1 aromatic carbocycles. The van der Waals surface area contributed by atoms with Gasteiger partial charge in [0.15, 0.2) is 0 Å². The first-order chi connectivity index (χ1) is 7.69. The lowest BCUT2D eigenvalue weighted by molar-refractivity contribution is 0.269. The molecule has 16 heavy (non-hydrogen) atoms. The van der Waals surface area contributed by atoms with Crippen LogP contribution in [0.2, 0.25) is 5.02 Å². The Hall–Kier alpha value is -1.20. The standard InChI is InChI=1S/C13H15ClN2/c1-2-13(6-3-7-13)16-12-5-4-10(9-15)8-11(12)14/h4-5,8,16H,2-3,6-7H2,1H3. The van der Waals surface area contributed by atoms with E-state index in [1.54, 1.807) is 12.1 Å². The molecule has 0 aliphatic heterocycles. The van der Waals surface area contributed by atoms with Gasteiger partial charge in [-0.3, -0.25) is 0 Å². The topological polar surface area (TPSA) is 35.8 Å². The fourth-order valence-corrected chi connectivity index (χ4v) is 2.37. The van der Waals surface area contributed by atoms with Crippen molar-refractivity contribution in [3.8, 4) is 6.07 Å². The molecule has 2 rings (SSSR count). The molecule has 0 aromatic heterocycles. The number of nitrogens with zero attached hydrogens (tertiary/aromatic N) is 1. The SMILES string of the molecule is CCC1(Nc2ccc(C#N)cc2Cl)CCC1. The Morgan fingerprint density at radius 1 is 1.50 bits per heavy atom. The van der Waals surface area contributed by atoms with Gasteiger partial charge in [-0.25, -0.2) is 0 Å². The van der Waals surface area contributed by atoms with Crippen LogP contribution in [0.25, 0.3) is 0 Å². The lowest BCUT2D eigenvalue weighted by atomic mass is 9.74. The maximum atomic E-state index is 8.76. The molecule has 1 aromatic rings. The molecule has 1 aliphatic carbocycles. The van der Waals surface area contributed by atoms with Crippen LogP contribution in [-0.2, 0) is 0 Å². The van der Waals surface area contributed by atoms with E-state index in [1.165, 1.54) is 19.3 Å². The van der Waals surface area contributed by atoms with E-state index in [4.69, 9.17) is 16.9 Å². The second kappa shape index (κ2) is 4.35. The summed E-state index contributed by atoms with van der Waals surface area (Å²) in [5.41, 5.74) is 1.79. The van der Waals surface area contributed by atoms with Crippen molar-refractivity contribution in [2.75, 3.05) is 5.32 Å². The van der Waals surface area contributed by atoms with Crippen LogP contribution in [0.4, 0.5) is 5.69 Å². The van der Waals surface area contributed by atoms with E-state index in [2.05, 4.69) is 18.3 Å². The second-order valence-electron chi connectivity index (χ2n) is 4.42. The molecule has 0 heterocycles. The van der Waals surface area contributed by atoms with Crippen molar-refractivity contribution in [3.63, 3.8) is 0 Å². The number of rotatable bonds is 3. The van der Waals surface area contributed by atoms with Gasteiger partial charge in [0.1, 0.15) is 0 Å². The zero-order valence-electron chi connectivity index (χ0n) is 9.39. The maximum absolute atomic E-state index is 8.76. The number of benzene rings is 1. The van der Waals surface area contributed by atoms with E-state index in [1.807, 2.05) is 6.07 Å². The highest BCUT2D eigenvalue weighted by atomic mass is 35.5. The molecule has 2 nitrogen and oxygen atoms in total. The van der Waals surface area contributed by atoms with Crippen molar-refractivity contribution >= 4 is 17.3 Å². The van der Waals surface area contributed by atoms with Gasteiger partial charge in [-0.05, 0) is 43.9 Å². The van der Waals surface area contributed by atoms with Gasteiger partial charge < -0.3 is 5.32 Å². The number of hydrogen-bond donors (Lipinski definition) is 1. The zero-order chi connectivity index (χ0) is 11.6. The van der Waals surface area contributed by atoms with E-state index in [9.17, 15) is 0 Å². The highest BCUT2D eigenvalue weighted by Gasteiger charge is 2.35. The minimum atomic E-state index is 0.234. The fraction of sp³-hybridized carbons (Fsp3) is 0.462. The second-order valence-corrected chi connectivity index (χ2v) is 4.83. The van der Waals surface area contributed by atoms with E-state index in [0.29, 0.717) is 10.6 Å². The molecule has 3 heteroatoms. The summed E-state index contributed by atoms with van der Waals surface area (Å²) in [7, 11) is 0. The van der Waals surface area contributed by atoms with Crippen LogP contribution < -0.4 is 5.32 Å². The average molecular weight is 235 g/mol. The Morgan fingerprint density at radius 3 is 2.69 bits per heavy atom. The molecule has 0 atom stereocenters. The summed E-state index contributed by atoms with van der Waals surface area (Å²) in [6, 6.07) is 7.50. The summed E-state index contributed by atoms with van der Waals surface area (Å²) < 4.78 is 0. The van der Waals surface area contributed by atoms with Crippen LogP contribution in [0.5, 0.6) is 0 Å². The molecule has 84 valence electrons. The summed E-state index contributed by atoms with van der Waals surface area (Å²) in [6.45, 7) is 2.20. The number of hydrogen-bond acceptors (Lipinski definition) is 2. The van der Waals surface area contributed by atoms with Crippen LogP contribution in [-0.4, -0.2) is 5.54 Å². The number of anilines is 1. The quantitative estimate of drug-likeness (QED) is 0.860. The minimum Gasteiger partial charge on any atom is -0.378 e. The normalized spacial score (nSPS) is 17.3. The number of halogens is 1. The average Bonchev–Trinajstić information content (AvgIpc) is 2.25. The fourth-order valence-electron chi connectivity index (χ4n) is 2.14. The van der Waals surface area contributed by atoms with Gasteiger partial charge in [0.05, 0.1) is 22.3 Å². The third-order valence-corrected chi connectivity index (χ3v) is 3.80. The molecular weight excluding hydrogens is 220 g/mol. The van der Waals surface area contributed by atoms with E-state index < -0.39 is 0 Å². The van der Waals surface area contributed by atoms with Crippen LogP contribution >= 0.6 is 11.6 Å². The van der Waals surface area contributed by atoms with E-state index >= 15 is 0 Å². The molecule has 1 aliphatic rings. The van der Waals surface area contributed by atoms with E-state index in [-0.39, 0.29) is 5.54 Å². The van der Waals surface area contributed by atoms with E-state index in [0.717, 1.165) is 12.1 Å². The molecule has 0 spiro atoms. The molecular formula is C13H15ClN2. The Morgan fingerprint density at radius 2 is 2.25 bits per heavy atom. The predicted molar refractivity (Wildman–Crippen MR) is 66.7 cm³/mol. The minimum absolute atomic E-state index is 0.234. The van der Waals surface area contributed by atoms with Crippen LogP contribution in [0.15, 0.2) is 18.2 Å². The van der Waals surface area contributed by atoms with Crippen molar-refractivity contribution in [2.24, 2.45) is 0 Å². The lowest BCUT2D eigenvalue weighted by Crippen LogP contribution is -2.44. The summed E-state index contributed by atoms with van der Waals surface area (Å²) in [5, 5.41) is 12.9. The molecule has 1 fully saturated rings. The molecule has 0 amide bonds. The van der Waals surface area contributed by atoms with Crippen LogP contribution in [0.1, 0.15) is 38.2 Å². The van der Waals surface area contributed by atoms with Crippen molar-refractivity contribution in [3.05, 3.63) is 28.8 Å². The Labute approximate surface area is 101 Å². The zero-order valence-corrected chi connectivity index (χ0v) is 10.1. The van der Waals surface area contributed by atoms with Gasteiger partial charge in [0, 0.05) is 5.54 Å². The van der Waals surface area contributed by atoms with Crippen molar-refractivity contribution in [2.45, 2.75) is 38.1 Å². The number of nitriles is 1. The van der Waals surface area contributed by atoms with Crippen molar-refractivity contribution in [1.82, 2.24) is 0 Å². The Kier molecular flexibility index (Phi) is 3.07. The van der Waals surface area contributed by atoms with Crippen molar-refractivity contribution in [1.29, 1.82) is 5.26 Å². The predicted octanol–water partition coefficient (Wildman–Crippen LogP) is 3.96. The molecule has 0 saturated heterocycles. The van der Waals surface area contributed by atoms with Gasteiger partial charge in [0.2, 0.25) is 0 Å².